The molecule has 0 saturated heterocycles. The molecule has 1 atom stereocenters. The van der Waals surface area contributed by atoms with Crippen molar-refractivity contribution in [2.75, 3.05) is 6.61 Å². The van der Waals surface area contributed by atoms with Gasteiger partial charge in [0, 0.05) is 6.08 Å². The molecule has 1 heterocycles. The zero-order valence-corrected chi connectivity index (χ0v) is 14.1. The predicted molar refractivity (Wildman–Crippen MR) is 89.4 cm³/mol. The number of amides is 1. The van der Waals surface area contributed by atoms with Crippen LogP contribution in [0.25, 0.3) is 6.08 Å². The highest BCUT2D eigenvalue weighted by atomic mass is 79.9. The molecule has 0 radical (unpaired) electrons. The van der Waals surface area contributed by atoms with Crippen LogP contribution in [-0.2, 0) is 14.3 Å². The molecule has 2 aromatic rings. The third-order valence-corrected chi connectivity index (χ3v) is 3.43. The number of furan rings is 1. The maximum atomic E-state index is 11.8. The largest absolute Gasteiger partial charge is 0.452 e. The lowest BCUT2D eigenvalue weighted by Gasteiger charge is -2.13. The molecule has 1 N–H and O–H groups in total. The minimum atomic E-state index is -0.611. The van der Waals surface area contributed by atoms with Gasteiger partial charge in [0.2, 0.25) is 0 Å². The van der Waals surface area contributed by atoms with Crippen molar-refractivity contribution >= 4 is 33.9 Å². The minimum absolute atomic E-state index is 0.154. The van der Waals surface area contributed by atoms with Crippen molar-refractivity contribution in [3.8, 4) is 0 Å². The number of hydrogen-bond donors (Lipinski definition) is 1. The fourth-order valence-corrected chi connectivity index (χ4v) is 2.18. The average molecular weight is 378 g/mol. The number of hydrogen-bond acceptors (Lipinski definition) is 4. The lowest BCUT2D eigenvalue weighted by Crippen LogP contribution is -2.30. The zero-order chi connectivity index (χ0) is 16.7. The molecule has 23 heavy (non-hydrogen) atoms. The Labute approximate surface area is 142 Å². The van der Waals surface area contributed by atoms with E-state index in [1.165, 1.54) is 12.2 Å². The Bertz CT molecular complexity index is 694. The number of carbonyl (C=O) groups is 2. The molecule has 5 nitrogen and oxygen atoms in total. The Hall–Kier alpha value is -2.34. The molecule has 120 valence electrons. The van der Waals surface area contributed by atoms with Gasteiger partial charge in [0.15, 0.2) is 11.3 Å². The summed E-state index contributed by atoms with van der Waals surface area (Å²) in [5.41, 5.74) is 0.982. The van der Waals surface area contributed by atoms with Crippen molar-refractivity contribution in [1.82, 2.24) is 5.32 Å². The van der Waals surface area contributed by atoms with E-state index in [9.17, 15) is 9.59 Å². The van der Waals surface area contributed by atoms with Gasteiger partial charge in [0.05, 0.1) is 6.04 Å². The second-order valence-corrected chi connectivity index (χ2v) is 5.56. The number of ether oxygens (including phenoxy) is 1. The lowest BCUT2D eigenvalue weighted by atomic mass is 10.1. The molecule has 0 spiro atoms. The Morgan fingerprint density at radius 2 is 2.00 bits per heavy atom. The summed E-state index contributed by atoms with van der Waals surface area (Å²) < 4.78 is 10.7. The van der Waals surface area contributed by atoms with Gasteiger partial charge in [-0.2, -0.15) is 0 Å². The van der Waals surface area contributed by atoms with Gasteiger partial charge in [-0.3, -0.25) is 4.79 Å². The van der Waals surface area contributed by atoms with Crippen molar-refractivity contribution in [2.45, 2.75) is 13.0 Å². The molecule has 0 unspecified atom stereocenters. The van der Waals surface area contributed by atoms with Crippen molar-refractivity contribution in [2.24, 2.45) is 0 Å². The molecular weight excluding hydrogens is 362 g/mol. The standard InChI is InChI=1S/C17H16BrNO4/c1-12(13-5-3-2-4-6-13)19-16(20)11-22-17(21)10-8-14-7-9-15(18)23-14/h2-10,12H,11H2,1H3,(H,19,20)/b10-8+/t12-/m0/s1. The molecule has 0 aliphatic rings. The summed E-state index contributed by atoms with van der Waals surface area (Å²) in [4.78, 5) is 23.3. The first-order chi connectivity index (χ1) is 11.0. The number of rotatable bonds is 6. The number of nitrogens with one attached hydrogen (secondary N) is 1. The van der Waals surface area contributed by atoms with Crippen LogP contribution in [0, 0.1) is 0 Å². The molecule has 1 aromatic carbocycles. The maximum Gasteiger partial charge on any atom is 0.331 e. The number of carbonyl (C=O) groups excluding carboxylic acids is 2. The summed E-state index contributed by atoms with van der Waals surface area (Å²) in [6.07, 6.45) is 2.68. The second kappa shape index (κ2) is 8.33. The molecule has 6 heteroatoms. The topological polar surface area (TPSA) is 68.5 Å². The summed E-state index contributed by atoms with van der Waals surface area (Å²) in [5.74, 6) is -0.458. The summed E-state index contributed by atoms with van der Waals surface area (Å²) in [6, 6.07) is 12.8. The maximum absolute atomic E-state index is 11.8. The van der Waals surface area contributed by atoms with Gasteiger partial charge in [-0.15, -0.1) is 0 Å². The van der Waals surface area contributed by atoms with E-state index in [2.05, 4.69) is 21.2 Å². The monoisotopic (exact) mass is 377 g/mol. The van der Waals surface area contributed by atoms with Crippen LogP contribution >= 0.6 is 15.9 Å². The van der Waals surface area contributed by atoms with Crippen molar-refractivity contribution in [1.29, 1.82) is 0 Å². The smallest absolute Gasteiger partial charge is 0.331 e. The Morgan fingerprint density at radius 3 is 2.65 bits per heavy atom. The SMILES string of the molecule is C[C@H](NC(=O)COC(=O)/C=C/c1ccc(Br)o1)c1ccccc1. The lowest BCUT2D eigenvalue weighted by molar-refractivity contribution is -0.144. The van der Waals surface area contributed by atoms with Gasteiger partial charge in [0.1, 0.15) is 5.76 Å². The van der Waals surface area contributed by atoms with E-state index < -0.39 is 5.97 Å². The van der Waals surface area contributed by atoms with Crippen LogP contribution in [0.2, 0.25) is 0 Å². The fourth-order valence-electron chi connectivity index (χ4n) is 1.86. The van der Waals surface area contributed by atoms with Crippen LogP contribution in [0.4, 0.5) is 0 Å². The van der Waals surface area contributed by atoms with Gasteiger partial charge in [-0.25, -0.2) is 4.79 Å². The molecule has 1 aromatic heterocycles. The first-order valence-corrected chi connectivity index (χ1v) is 7.78. The molecular formula is C17H16BrNO4. The highest BCUT2D eigenvalue weighted by Gasteiger charge is 2.10. The van der Waals surface area contributed by atoms with Crippen LogP contribution in [-0.4, -0.2) is 18.5 Å². The molecule has 2 rings (SSSR count). The number of halogens is 1. The Balaban J connectivity index is 1.75. The van der Waals surface area contributed by atoms with Crippen LogP contribution in [0.3, 0.4) is 0 Å². The fraction of sp³-hybridized carbons (Fsp3) is 0.176. The summed E-state index contributed by atoms with van der Waals surface area (Å²) >= 11 is 3.16. The summed E-state index contributed by atoms with van der Waals surface area (Å²) in [6.45, 7) is 1.53. The van der Waals surface area contributed by atoms with Gasteiger partial charge in [0.25, 0.3) is 5.91 Å². The van der Waals surface area contributed by atoms with E-state index in [1.54, 1.807) is 12.1 Å². The van der Waals surface area contributed by atoms with E-state index in [-0.39, 0.29) is 18.6 Å². The van der Waals surface area contributed by atoms with Gasteiger partial charge >= 0.3 is 5.97 Å². The quantitative estimate of drug-likeness (QED) is 0.617. The second-order valence-electron chi connectivity index (χ2n) is 4.78. The van der Waals surface area contributed by atoms with Crippen molar-refractivity contribution in [3.05, 3.63) is 64.5 Å². The van der Waals surface area contributed by atoms with Crippen molar-refractivity contribution < 1.29 is 18.7 Å². The molecule has 0 bridgehead atoms. The molecule has 0 aliphatic heterocycles. The van der Waals surface area contributed by atoms with E-state index in [1.807, 2.05) is 37.3 Å². The highest BCUT2D eigenvalue weighted by molar-refractivity contribution is 9.10. The zero-order valence-electron chi connectivity index (χ0n) is 12.5. The number of esters is 1. The minimum Gasteiger partial charge on any atom is -0.452 e. The number of benzene rings is 1. The normalized spacial score (nSPS) is 12.1. The van der Waals surface area contributed by atoms with E-state index in [0.29, 0.717) is 10.4 Å². The summed E-state index contributed by atoms with van der Waals surface area (Å²) in [7, 11) is 0. The van der Waals surface area contributed by atoms with Crippen LogP contribution in [0.1, 0.15) is 24.3 Å². The first-order valence-electron chi connectivity index (χ1n) is 6.99. The van der Waals surface area contributed by atoms with E-state index in [0.717, 1.165) is 5.56 Å². The molecule has 1 amide bonds. The summed E-state index contributed by atoms with van der Waals surface area (Å²) in [5, 5.41) is 2.76. The van der Waals surface area contributed by atoms with E-state index in [4.69, 9.17) is 9.15 Å². The van der Waals surface area contributed by atoms with Gasteiger partial charge in [-0.1, -0.05) is 30.3 Å². The molecule has 0 aliphatic carbocycles. The van der Waals surface area contributed by atoms with Gasteiger partial charge in [-0.05, 0) is 46.6 Å². The Kier molecular flexibility index (Phi) is 6.17. The van der Waals surface area contributed by atoms with Crippen molar-refractivity contribution in [3.63, 3.8) is 0 Å². The van der Waals surface area contributed by atoms with E-state index >= 15 is 0 Å². The molecule has 0 fully saturated rings. The van der Waals surface area contributed by atoms with Crippen LogP contribution in [0.5, 0.6) is 0 Å². The first kappa shape index (κ1) is 17.0. The van der Waals surface area contributed by atoms with Crippen LogP contribution in [0.15, 0.2) is 57.6 Å². The third-order valence-electron chi connectivity index (χ3n) is 3.00. The van der Waals surface area contributed by atoms with Gasteiger partial charge < -0.3 is 14.5 Å². The third kappa shape index (κ3) is 5.75. The predicted octanol–water partition coefficient (Wildman–Crippen LogP) is 3.48. The van der Waals surface area contributed by atoms with Crippen LogP contribution < -0.4 is 5.32 Å². The highest BCUT2D eigenvalue weighted by Crippen LogP contribution is 2.15. The molecule has 0 saturated carbocycles. The average Bonchev–Trinajstić information content (AvgIpc) is 2.97. The Morgan fingerprint density at radius 1 is 1.26 bits per heavy atom.